The van der Waals surface area contributed by atoms with Gasteiger partial charge < -0.3 is 14.6 Å². The van der Waals surface area contributed by atoms with Crippen LogP contribution in [0.3, 0.4) is 0 Å². The molecule has 5 nitrogen and oxygen atoms in total. The summed E-state index contributed by atoms with van der Waals surface area (Å²) in [6.45, 7) is 4.19. The minimum atomic E-state index is -0.557. The Balaban J connectivity index is 1.40. The smallest absolute Gasteiger partial charge is 0.261 e. The summed E-state index contributed by atoms with van der Waals surface area (Å²) in [4.78, 5) is 16.9. The fourth-order valence-corrected chi connectivity index (χ4v) is 3.89. The normalized spacial score (nSPS) is 14.1. The average molecular weight is 389 g/mol. The zero-order valence-electron chi connectivity index (χ0n) is 17.0. The molecule has 1 aliphatic rings. The molecular weight excluding hydrogens is 362 g/mol. The number of rotatable bonds is 6. The molecule has 0 saturated heterocycles. The van der Waals surface area contributed by atoms with Gasteiger partial charge in [-0.25, -0.2) is 4.98 Å². The van der Waals surface area contributed by atoms with E-state index in [1.165, 1.54) is 24.0 Å². The van der Waals surface area contributed by atoms with E-state index < -0.39 is 6.10 Å². The van der Waals surface area contributed by atoms with Gasteiger partial charge in [0.05, 0.1) is 5.69 Å². The summed E-state index contributed by atoms with van der Waals surface area (Å²) in [5.74, 6) is 1.55. The van der Waals surface area contributed by atoms with E-state index in [0.29, 0.717) is 6.54 Å². The van der Waals surface area contributed by atoms with Crippen molar-refractivity contribution in [3.63, 3.8) is 0 Å². The Morgan fingerprint density at radius 2 is 1.97 bits per heavy atom. The molecule has 2 aromatic carbocycles. The number of para-hydroxylation sites is 1. The quantitative estimate of drug-likeness (QED) is 0.689. The van der Waals surface area contributed by atoms with Gasteiger partial charge in [-0.1, -0.05) is 24.3 Å². The van der Waals surface area contributed by atoms with E-state index in [9.17, 15) is 4.79 Å². The third-order valence-corrected chi connectivity index (χ3v) is 5.53. The maximum absolute atomic E-state index is 12.6. The second kappa shape index (κ2) is 8.52. The summed E-state index contributed by atoms with van der Waals surface area (Å²) < 4.78 is 7.95. The summed E-state index contributed by atoms with van der Waals surface area (Å²) >= 11 is 0. The van der Waals surface area contributed by atoms with Crippen molar-refractivity contribution in [2.24, 2.45) is 0 Å². The van der Waals surface area contributed by atoms with Crippen LogP contribution in [0.5, 0.6) is 5.75 Å². The molecule has 4 rings (SSSR count). The Kier molecular flexibility index (Phi) is 5.65. The number of aromatic nitrogens is 2. The van der Waals surface area contributed by atoms with Gasteiger partial charge in [-0.15, -0.1) is 0 Å². The monoisotopic (exact) mass is 389 g/mol. The zero-order chi connectivity index (χ0) is 20.2. The van der Waals surface area contributed by atoms with Gasteiger partial charge in [-0.3, -0.25) is 4.79 Å². The van der Waals surface area contributed by atoms with Crippen LogP contribution in [0.25, 0.3) is 5.69 Å². The number of nitrogens with one attached hydrogen (secondary N) is 1. The number of amides is 1. The molecule has 1 aromatic heterocycles. The van der Waals surface area contributed by atoms with Gasteiger partial charge in [0.1, 0.15) is 11.6 Å². The lowest BCUT2D eigenvalue weighted by atomic mass is 9.92. The molecule has 0 bridgehead atoms. The summed E-state index contributed by atoms with van der Waals surface area (Å²) in [6.07, 6.45) is 7.86. The van der Waals surface area contributed by atoms with Crippen LogP contribution in [0.15, 0.2) is 54.9 Å². The lowest BCUT2D eigenvalue weighted by Crippen LogP contribution is -2.36. The van der Waals surface area contributed by atoms with Crippen molar-refractivity contribution in [1.82, 2.24) is 14.9 Å². The van der Waals surface area contributed by atoms with E-state index in [4.69, 9.17) is 4.74 Å². The Hall–Kier alpha value is -3.08. The van der Waals surface area contributed by atoms with Crippen LogP contribution in [0.2, 0.25) is 0 Å². The lowest BCUT2D eigenvalue weighted by molar-refractivity contribution is -0.127. The first kappa shape index (κ1) is 19.2. The second-order valence-corrected chi connectivity index (χ2v) is 7.59. The van der Waals surface area contributed by atoms with Crippen LogP contribution in [-0.2, 0) is 24.2 Å². The van der Waals surface area contributed by atoms with Crippen molar-refractivity contribution in [3.05, 3.63) is 77.4 Å². The molecule has 1 N–H and O–H groups in total. The number of carbonyl (C=O) groups excluding carboxylic acids is 1. The van der Waals surface area contributed by atoms with Crippen molar-refractivity contribution >= 4 is 5.91 Å². The Morgan fingerprint density at radius 3 is 2.76 bits per heavy atom. The highest BCUT2D eigenvalue weighted by atomic mass is 16.5. The van der Waals surface area contributed by atoms with Gasteiger partial charge in [-0.2, -0.15) is 0 Å². The molecule has 1 amide bonds. The molecule has 1 heterocycles. The van der Waals surface area contributed by atoms with Crippen LogP contribution in [0.1, 0.15) is 42.3 Å². The first-order chi connectivity index (χ1) is 14.1. The van der Waals surface area contributed by atoms with Crippen LogP contribution >= 0.6 is 0 Å². The number of hydrogen-bond acceptors (Lipinski definition) is 3. The third-order valence-electron chi connectivity index (χ3n) is 5.53. The second-order valence-electron chi connectivity index (χ2n) is 7.59. The minimum absolute atomic E-state index is 0.125. The number of imidazole rings is 1. The van der Waals surface area contributed by atoms with E-state index in [-0.39, 0.29) is 5.91 Å². The first-order valence-electron chi connectivity index (χ1n) is 10.3. The molecule has 29 heavy (non-hydrogen) atoms. The Labute approximate surface area is 171 Å². The first-order valence-corrected chi connectivity index (χ1v) is 10.3. The molecule has 0 aliphatic heterocycles. The predicted molar refractivity (Wildman–Crippen MR) is 113 cm³/mol. The van der Waals surface area contributed by atoms with Crippen molar-refractivity contribution in [3.8, 4) is 11.4 Å². The van der Waals surface area contributed by atoms with E-state index in [0.717, 1.165) is 35.7 Å². The van der Waals surface area contributed by atoms with E-state index in [1.807, 2.05) is 48.0 Å². The number of nitrogens with zero attached hydrogens (tertiary/aromatic N) is 2. The maximum atomic E-state index is 12.6. The maximum Gasteiger partial charge on any atom is 0.261 e. The Bertz CT molecular complexity index is 1010. The number of aryl methyl sites for hydroxylation is 3. The Morgan fingerprint density at radius 1 is 1.17 bits per heavy atom. The third kappa shape index (κ3) is 4.34. The highest BCUT2D eigenvalue weighted by Gasteiger charge is 2.17. The van der Waals surface area contributed by atoms with E-state index in [1.54, 1.807) is 13.1 Å². The predicted octanol–water partition coefficient (Wildman–Crippen LogP) is 4.14. The van der Waals surface area contributed by atoms with Gasteiger partial charge in [0.15, 0.2) is 6.10 Å². The molecule has 0 spiro atoms. The van der Waals surface area contributed by atoms with Crippen LogP contribution in [-0.4, -0.2) is 21.6 Å². The molecule has 3 aromatic rings. The van der Waals surface area contributed by atoms with Crippen molar-refractivity contribution in [2.75, 3.05) is 0 Å². The van der Waals surface area contributed by atoms with Crippen molar-refractivity contribution in [2.45, 2.75) is 52.2 Å². The van der Waals surface area contributed by atoms with Crippen LogP contribution in [0, 0.1) is 6.92 Å². The lowest BCUT2D eigenvalue weighted by Gasteiger charge is -2.19. The van der Waals surface area contributed by atoms with Gasteiger partial charge in [0, 0.05) is 18.9 Å². The number of hydrogen-bond donors (Lipinski definition) is 1. The molecule has 0 fully saturated rings. The number of ether oxygens (including phenoxy) is 1. The topological polar surface area (TPSA) is 56.2 Å². The largest absolute Gasteiger partial charge is 0.481 e. The standard InChI is InChI=1S/C24H27N3O2/c1-17(29-22-12-11-19-7-3-4-8-20(19)15-22)24(28)26-16-21-9-5-6-10-23(21)27-14-13-25-18(27)2/h5-6,9-15,17H,3-4,7-8,16H2,1-2H3,(H,26,28)/t17-/m0/s1. The average Bonchev–Trinajstić information content (AvgIpc) is 3.17. The molecule has 0 unspecified atom stereocenters. The highest BCUT2D eigenvalue weighted by Crippen LogP contribution is 2.26. The SMILES string of the molecule is Cc1nccn1-c1ccccc1CNC(=O)[C@H](C)Oc1ccc2c(c1)CCCC2. The number of benzene rings is 2. The molecule has 1 aliphatic carbocycles. The van der Waals surface area contributed by atoms with Gasteiger partial charge in [0.2, 0.25) is 0 Å². The fraction of sp³-hybridized carbons (Fsp3) is 0.333. The summed E-state index contributed by atoms with van der Waals surface area (Å²) in [7, 11) is 0. The molecular formula is C24H27N3O2. The van der Waals surface area contributed by atoms with Crippen LogP contribution < -0.4 is 10.1 Å². The minimum Gasteiger partial charge on any atom is -0.481 e. The van der Waals surface area contributed by atoms with Crippen molar-refractivity contribution in [1.29, 1.82) is 0 Å². The van der Waals surface area contributed by atoms with Crippen LogP contribution in [0.4, 0.5) is 0 Å². The van der Waals surface area contributed by atoms with Gasteiger partial charge in [-0.05, 0) is 74.4 Å². The fourth-order valence-electron chi connectivity index (χ4n) is 3.89. The van der Waals surface area contributed by atoms with Crippen molar-refractivity contribution < 1.29 is 9.53 Å². The van der Waals surface area contributed by atoms with E-state index in [2.05, 4.69) is 22.4 Å². The van der Waals surface area contributed by atoms with Gasteiger partial charge in [0.25, 0.3) is 5.91 Å². The highest BCUT2D eigenvalue weighted by molar-refractivity contribution is 5.80. The number of carbonyl (C=O) groups is 1. The molecule has 0 radical (unpaired) electrons. The molecule has 1 atom stereocenters. The summed E-state index contributed by atoms with van der Waals surface area (Å²) in [5, 5.41) is 3.01. The molecule has 150 valence electrons. The number of fused-ring (bicyclic) bond motifs is 1. The summed E-state index contributed by atoms with van der Waals surface area (Å²) in [5.41, 5.74) is 4.81. The summed E-state index contributed by atoms with van der Waals surface area (Å²) in [6, 6.07) is 14.2. The molecule has 5 heteroatoms. The molecule has 0 saturated carbocycles. The zero-order valence-corrected chi connectivity index (χ0v) is 17.0. The van der Waals surface area contributed by atoms with E-state index >= 15 is 0 Å². The van der Waals surface area contributed by atoms with Gasteiger partial charge >= 0.3 is 0 Å².